The van der Waals surface area contributed by atoms with E-state index in [-0.39, 0.29) is 5.82 Å². The molecule has 0 amide bonds. The van der Waals surface area contributed by atoms with Crippen molar-refractivity contribution < 1.29 is 10.0 Å². The standard InChI is InChI=1S/C10H16N4O3/c1-8-11-5-9(14(16)17)13(8)4-3-12-6-10(2,15)7-12/h5,15H,3-4,6-7H2,1-2H3. The van der Waals surface area contributed by atoms with Crippen molar-refractivity contribution in [2.75, 3.05) is 19.6 Å². The molecule has 94 valence electrons. The van der Waals surface area contributed by atoms with Crippen LogP contribution >= 0.6 is 0 Å². The van der Waals surface area contributed by atoms with Gasteiger partial charge in [0.05, 0.1) is 5.60 Å². The number of likely N-dealkylation sites (tertiary alicyclic amines) is 1. The lowest BCUT2D eigenvalue weighted by molar-refractivity contribution is -0.392. The topological polar surface area (TPSA) is 84.4 Å². The first-order valence-corrected chi connectivity index (χ1v) is 5.50. The number of nitrogens with zero attached hydrogens (tertiary/aromatic N) is 4. The molecule has 0 atom stereocenters. The fourth-order valence-electron chi connectivity index (χ4n) is 2.20. The fourth-order valence-corrected chi connectivity index (χ4v) is 2.20. The summed E-state index contributed by atoms with van der Waals surface area (Å²) >= 11 is 0. The van der Waals surface area contributed by atoms with Gasteiger partial charge in [-0.15, -0.1) is 0 Å². The predicted molar refractivity (Wildman–Crippen MR) is 60.7 cm³/mol. The van der Waals surface area contributed by atoms with Gasteiger partial charge in [0.1, 0.15) is 12.7 Å². The number of hydrogen-bond acceptors (Lipinski definition) is 5. The van der Waals surface area contributed by atoms with Crippen LogP contribution in [0.25, 0.3) is 0 Å². The minimum absolute atomic E-state index is 0.0229. The van der Waals surface area contributed by atoms with Crippen molar-refractivity contribution in [3.8, 4) is 0 Å². The highest BCUT2D eigenvalue weighted by Gasteiger charge is 2.36. The number of hydrogen-bond donors (Lipinski definition) is 1. The molecular formula is C10H16N4O3. The summed E-state index contributed by atoms with van der Waals surface area (Å²) in [6.45, 7) is 5.99. The molecule has 1 N–H and O–H groups in total. The highest BCUT2D eigenvalue weighted by molar-refractivity contribution is 5.18. The lowest BCUT2D eigenvalue weighted by Crippen LogP contribution is -2.60. The van der Waals surface area contributed by atoms with E-state index in [1.54, 1.807) is 18.4 Å². The van der Waals surface area contributed by atoms with Crippen molar-refractivity contribution in [1.29, 1.82) is 0 Å². The summed E-state index contributed by atoms with van der Waals surface area (Å²) in [7, 11) is 0. The van der Waals surface area contributed by atoms with E-state index >= 15 is 0 Å². The number of rotatable bonds is 4. The molecule has 0 spiro atoms. The van der Waals surface area contributed by atoms with E-state index in [2.05, 4.69) is 9.88 Å². The van der Waals surface area contributed by atoms with Crippen molar-refractivity contribution in [3.05, 3.63) is 22.1 Å². The van der Waals surface area contributed by atoms with E-state index in [9.17, 15) is 15.2 Å². The summed E-state index contributed by atoms with van der Waals surface area (Å²) in [5.74, 6) is 0.666. The summed E-state index contributed by atoms with van der Waals surface area (Å²) in [4.78, 5) is 16.3. The molecule has 0 radical (unpaired) electrons. The second-order valence-corrected chi connectivity index (χ2v) is 4.78. The Morgan fingerprint density at radius 2 is 2.24 bits per heavy atom. The van der Waals surface area contributed by atoms with Gasteiger partial charge in [-0.05, 0) is 11.8 Å². The lowest BCUT2D eigenvalue weighted by Gasteiger charge is -2.43. The van der Waals surface area contributed by atoms with E-state index in [4.69, 9.17) is 0 Å². The maximum absolute atomic E-state index is 10.8. The molecule has 0 aromatic carbocycles. The Balaban J connectivity index is 1.95. The molecule has 1 aliphatic rings. The Kier molecular flexibility index (Phi) is 2.88. The molecule has 0 saturated carbocycles. The molecule has 17 heavy (non-hydrogen) atoms. The molecule has 0 unspecified atom stereocenters. The second-order valence-electron chi connectivity index (χ2n) is 4.78. The molecule has 0 aliphatic carbocycles. The second kappa shape index (κ2) is 4.08. The Morgan fingerprint density at radius 3 is 2.76 bits per heavy atom. The predicted octanol–water partition coefficient (Wildman–Crippen LogP) is 0.166. The summed E-state index contributed by atoms with van der Waals surface area (Å²) in [6, 6.07) is 0. The highest BCUT2D eigenvalue weighted by Crippen LogP contribution is 2.20. The third kappa shape index (κ3) is 2.45. The van der Waals surface area contributed by atoms with E-state index in [1.165, 1.54) is 6.20 Å². The van der Waals surface area contributed by atoms with Crippen molar-refractivity contribution in [2.45, 2.75) is 26.0 Å². The van der Waals surface area contributed by atoms with Crippen LogP contribution < -0.4 is 0 Å². The first-order chi connectivity index (χ1) is 7.89. The monoisotopic (exact) mass is 240 g/mol. The molecule has 1 aromatic heterocycles. The molecule has 1 saturated heterocycles. The first-order valence-electron chi connectivity index (χ1n) is 5.50. The summed E-state index contributed by atoms with van der Waals surface area (Å²) in [5, 5.41) is 20.3. The van der Waals surface area contributed by atoms with Crippen LogP contribution in [0, 0.1) is 17.0 Å². The van der Waals surface area contributed by atoms with E-state index in [0.29, 0.717) is 32.0 Å². The van der Waals surface area contributed by atoms with Crippen LogP contribution in [0.4, 0.5) is 5.82 Å². The number of aromatic nitrogens is 2. The molecule has 1 aromatic rings. The molecule has 2 rings (SSSR count). The van der Waals surface area contributed by atoms with Gasteiger partial charge < -0.3 is 15.2 Å². The normalized spacial score (nSPS) is 19.0. The van der Waals surface area contributed by atoms with Crippen LogP contribution in [0.1, 0.15) is 12.7 Å². The number of aliphatic hydroxyl groups is 1. The van der Waals surface area contributed by atoms with Crippen LogP contribution in [0.2, 0.25) is 0 Å². The van der Waals surface area contributed by atoms with Gasteiger partial charge in [0, 0.05) is 26.6 Å². The average molecular weight is 240 g/mol. The average Bonchev–Trinajstić information content (AvgIpc) is 2.53. The quantitative estimate of drug-likeness (QED) is 0.599. The SMILES string of the molecule is Cc1ncc([N+](=O)[O-])n1CCN1CC(C)(O)C1. The Bertz CT molecular complexity index is 433. The Labute approximate surface area is 98.8 Å². The summed E-state index contributed by atoms with van der Waals surface area (Å²) < 4.78 is 1.59. The molecule has 1 aliphatic heterocycles. The van der Waals surface area contributed by atoms with Crippen molar-refractivity contribution in [3.63, 3.8) is 0 Å². The van der Waals surface area contributed by atoms with Crippen molar-refractivity contribution in [2.24, 2.45) is 0 Å². The van der Waals surface area contributed by atoms with E-state index in [1.807, 2.05) is 0 Å². The van der Waals surface area contributed by atoms with Gasteiger partial charge in [0.15, 0.2) is 5.82 Å². The van der Waals surface area contributed by atoms with Crippen molar-refractivity contribution >= 4 is 5.82 Å². The summed E-state index contributed by atoms with van der Waals surface area (Å²) in [6.07, 6.45) is 1.28. The van der Waals surface area contributed by atoms with E-state index < -0.39 is 10.5 Å². The van der Waals surface area contributed by atoms with Gasteiger partial charge in [-0.25, -0.2) is 9.55 Å². The lowest BCUT2D eigenvalue weighted by atomic mass is 9.97. The third-order valence-electron chi connectivity index (χ3n) is 2.99. The maximum atomic E-state index is 10.8. The van der Waals surface area contributed by atoms with Crippen LogP contribution in [-0.2, 0) is 6.54 Å². The number of aryl methyl sites for hydroxylation is 1. The zero-order valence-corrected chi connectivity index (χ0v) is 9.96. The third-order valence-corrected chi connectivity index (χ3v) is 2.99. The van der Waals surface area contributed by atoms with Crippen molar-refractivity contribution in [1.82, 2.24) is 14.5 Å². The smallest absolute Gasteiger partial charge is 0.342 e. The zero-order valence-electron chi connectivity index (χ0n) is 9.96. The van der Waals surface area contributed by atoms with Gasteiger partial charge in [-0.3, -0.25) is 4.90 Å². The highest BCUT2D eigenvalue weighted by atomic mass is 16.6. The Morgan fingerprint density at radius 1 is 1.59 bits per heavy atom. The van der Waals surface area contributed by atoms with Crippen LogP contribution in [0.3, 0.4) is 0 Å². The molecule has 7 nitrogen and oxygen atoms in total. The fraction of sp³-hybridized carbons (Fsp3) is 0.700. The molecule has 2 heterocycles. The first kappa shape index (κ1) is 12.0. The molecule has 1 fully saturated rings. The van der Waals surface area contributed by atoms with Crippen LogP contribution in [-0.4, -0.2) is 49.7 Å². The van der Waals surface area contributed by atoms with Gasteiger partial charge in [0.25, 0.3) is 0 Å². The molecular weight excluding hydrogens is 224 g/mol. The van der Waals surface area contributed by atoms with Gasteiger partial charge in [-0.2, -0.15) is 0 Å². The van der Waals surface area contributed by atoms with Crippen LogP contribution in [0.15, 0.2) is 6.20 Å². The molecule has 7 heteroatoms. The van der Waals surface area contributed by atoms with E-state index in [0.717, 1.165) is 0 Å². The summed E-state index contributed by atoms with van der Waals surface area (Å²) in [5.41, 5.74) is -0.601. The molecule has 0 bridgehead atoms. The maximum Gasteiger partial charge on any atom is 0.342 e. The number of β-amino-alcohol motifs (C(OH)–C–C–N with tert-alkyl or cyclic N) is 1. The minimum Gasteiger partial charge on any atom is -0.388 e. The number of nitro groups is 1. The van der Waals surface area contributed by atoms with Gasteiger partial charge in [-0.1, -0.05) is 0 Å². The Hall–Kier alpha value is -1.47. The number of imidazole rings is 1. The largest absolute Gasteiger partial charge is 0.388 e. The van der Waals surface area contributed by atoms with Gasteiger partial charge in [0.2, 0.25) is 0 Å². The van der Waals surface area contributed by atoms with Crippen LogP contribution in [0.5, 0.6) is 0 Å². The zero-order chi connectivity index (χ0) is 12.6. The van der Waals surface area contributed by atoms with Gasteiger partial charge >= 0.3 is 5.82 Å². The minimum atomic E-state index is -0.601.